The molecule has 0 fully saturated rings. The first-order valence-electron chi connectivity index (χ1n) is 15.2. The normalized spacial score (nSPS) is 12.9. The van der Waals surface area contributed by atoms with E-state index in [2.05, 4.69) is 152 Å². The minimum absolute atomic E-state index is 0.917. The van der Waals surface area contributed by atoms with E-state index in [1.165, 1.54) is 76.4 Å². The third kappa shape index (κ3) is 3.34. The van der Waals surface area contributed by atoms with Crippen molar-refractivity contribution in [2.75, 3.05) is 0 Å². The molecule has 2 heteroatoms. The summed E-state index contributed by atoms with van der Waals surface area (Å²) in [7, 11) is 0. The van der Waals surface area contributed by atoms with Gasteiger partial charge in [0.2, 0.25) is 11.4 Å². The lowest BCUT2D eigenvalue weighted by Crippen LogP contribution is -2.82. The van der Waals surface area contributed by atoms with Gasteiger partial charge in [0.25, 0.3) is 0 Å². The second-order valence-corrected chi connectivity index (χ2v) is 11.8. The van der Waals surface area contributed by atoms with Gasteiger partial charge < -0.3 is 4.42 Å². The minimum Gasteiger partial charge on any atom is -0.456 e. The smallest absolute Gasteiger partial charge is 0.203 e. The Kier molecular flexibility index (Phi) is 4.82. The number of quaternary nitrogens is 1. The molecule has 0 radical (unpaired) electrons. The molecule has 204 valence electrons. The highest BCUT2D eigenvalue weighted by molar-refractivity contribution is 6.23. The van der Waals surface area contributed by atoms with Crippen LogP contribution in [0, 0.1) is 0 Å². The van der Waals surface area contributed by atoms with E-state index in [0.717, 1.165) is 22.1 Å². The number of furan rings is 1. The topological polar surface area (TPSA) is 17.6 Å². The molecule has 1 N–H and O–H groups in total. The monoisotopic (exact) mass is 560 g/mol. The van der Waals surface area contributed by atoms with Gasteiger partial charge in [-0.25, -0.2) is 4.90 Å². The van der Waals surface area contributed by atoms with Gasteiger partial charge in [0.15, 0.2) is 0 Å². The molecule has 0 saturated carbocycles. The molecule has 0 saturated heterocycles. The molecule has 8 aromatic carbocycles. The fourth-order valence-corrected chi connectivity index (χ4v) is 7.43. The summed E-state index contributed by atoms with van der Waals surface area (Å²) in [4.78, 5) is 1.38. The zero-order valence-electron chi connectivity index (χ0n) is 23.8. The lowest BCUT2D eigenvalue weighted by molar-refractivity contribution is -0.607. The van der Waals surface area contributed by atoms with Crippen LogP contribution in [0.4, 0.5) is 17.1 Å². The Bertz CT molecular complexity index is 2530. The van der Waals surface area contributed by atoms with Crippen molar-refractivity contribution in [2.24, 2.45) is 0 Å². The Balaban J connectivity index is 1.18. The van der Waals surface area contributed by atoms with Crippen molar-refractivity contribution >= 4 is 71.3 Å². The van der Waals surface area contributed by atoms with Gasteiger partial charge in [0.1, 0.15) is 16.9 Å². The van der Waals surface area contributed by atoms with E-state index >= 15 is 0 Å². The van der Waals surface area contributed by atoms with Gasteiger partial charge in [-0.3, -0.25) is 0 Å². The molecule has 2 nitrogen and oxygen atoms in total. The maximum absolute atomic E-state index is 6.50. The van der Waals surface area contributed by atoms with Crippen molar-refractivity contribution in [2.45, 2.75) is 0 Å². The predicted octanol–water partition coefficient (Wildman–Crippen LogP) is 10.9. The summed E-state index contributed by atoms with van der Waals surface area (Å²) in [5.41, 5.74) is 10.8. The van der Waals surface area contributed by atoms with Crippen LogP contribution in [0.5, 0.6) is 0 Å². The quantitative estimate of drug-likeness (QED) is 0.168. The van der Waals surface area contributed by atoms with Crippen molar-refractivity contribution in [1.82, 2.24) is 0 Å². The standard InChI is InChI=1S/C42H25NO/c1-2-10-30-26(9-1)20-24-38-42(30)35-23-19-28(25-39(35)44-38)41-33-13-5-3-11-31(33)40(32-12-4-6-14-34(32)41)27-17-21-29(22-18-27)43-36-15-7-8-16-37(36)43/h1-25H/p+1. The molecular weight excluding hydrogens is 534 g/mol. The molecule has 10 rings (SSSR count). The van der Waals surface area contributed by atoms with Crippen LogP contribution in [-0.4, -0.2) is 0 Å². The van der Waals surface area contributed by atoms with E-state index in [0.29, 0.717) is 0 Å². The Hall–Kier alpha value is -5.70. The highest BCUT2D eigenvalue weighted by Gasteiger charge is 2.38. The van der Waals surface area contributed by atoms with E-state index in [1.807, 2.05) is 0 Å². The van der Waals surface area contributed by atoms with Crippen LogP contribution < -0.4 is 4.90 Å². The first kappa shape index (κ1) is 23.8. The van der Waals surface area contributed by atoms with Crippen LogP contribution in [0.2, 0.25) is 0 Å². The number of hydrogen-bond acceptors (Lipinski definition) is 1. The van der Waals surface area contributed by atoms with E-state index in [1.54, 1.807) is 0 Å². The van der Waals surface area contributed by atoms with E-state index in [-0.39, 0.29) is 0 Å². The molecule has 1 aromatic heterocycles. The van der Waals surface area contributed by atoms with E-state index in [4.69, 9.17) is 4.42 Å². The van der Waals surface area contributed by atoms with Gasteiger partial charge >= 0.3 is 0 Å². The fraction of sp³-hybridized carbons (Fsp3) is 0. The van der Waals surface area contributed by atoms with Gasteiger partial charge in [-0.2, -0.15) is 0 Å². The molecule has 44 heavy (non-hydrogen) atoms. The molecular formula is C42H26NO+. The fourth-order valence-electron chi connectivity index (χ4n) is 7.43. The molecule has 1 aliphatic rings. The number of rotatable bonds is 3. The van der Waals surface area contributed by atoms with Crippen LogP contribution in [0.25, 0.3) is 76.5 Å². The Morgan fingerprint density at radius 1 is 0.386 bits per heavy atom. The molecule has 0 aliphatic carbocycles. The largest absolute Gasteiger partial charge is 0.456 e. The summed E-state index contributed by atoms with van der Waals surface area (Å²) in [6.45, 7) is 0. The van der Waals surface area contributed by atoms with Gasteiger partial charge in [0, 0.05) is 35.0 Å². The number of benzene rings is 8. The van der Waals surface area contributed by atoms with Crippen LogP contribution in [0.15, 0.2) is 156 Å². The SMILES string of the molecule is c1ccc2c(c1)[NH+]2c1ccc(-c2c3ccccc3c(-c3ccc4c(c3)oc3ccc5ccccc5c34)c3ccccc23)cc1. The lowest BCUT2D eigenvalue weighted by atomic mass is 9.86. The Morgan fingerprint density at radius 3 is 1.59 bits per heavy atom. The van der Waals surface area contributed by atoms with Crippen LogP contribution in [-0.2, 0) is 0 Å². The first-order chi connectivity index (χ1) is 21.8. The van der Waals surface area contributed by atoms with Gasteiger partial charge in [0.05, 0.1) is 0 Å². The number of nitrogens with one attached hydrogen (secondary N) is 1. The predicted molar refractivity (Wildman–Crippen MR) is 183 cm³/mol. The zero-order chi connectivity index (χ0) is 28.8. The van der Waals surface area contributed by atoms with E-state index < -0.39 is 0 Å². The molecule has 0 bridgehead atoms. The second kappa shape index (κ2) is 8.90. The van der Waals surface area contributed by atoms with E-state index in [9.17, 15) is 0 Å². The van der Waals surface area contributed by atoms with Crippen molar-refractivity contribution in [3.8, 4) is 22.3 Å². The molecule has 2 heterocycles. The summed E-state index contributed by atoms with van der Waals surface area (Å²) in [5, 5.41) is 9.80. The molecule has 1 aliphatic heterocycles. The average Bonchev–Trinajstić information content (AvgIpc) is 3.70. The van der Waals surface area contributed by atoms with Crippen LogP contribution >= 0.6 is 0 Å². The Morgan fingerprint density at radius 2 is 0.932 bits per heavy atom. The van der Waals surface area contributed by atoms with Crippen LogP contribution in [0.1, 0.15) is 0 Å². The minimum atomic E-state index is 0.917. The maximum Gasteiger partial charge on any atom is 0.203 e. The first-order valence-corrected chi connectivity index (χ1v) is 15.2. The van der Waals surface area contributed by atoms with Crippen LogP contribution in [0.3, 0.4) is 0 Å². The second-order valence-electron chi connectivity index (χ2n) is 11.8. The number of hydrogen-bond donors (Lipinski definition) is 1. The highest BCUT2D eigenvalue weighted by atomic mass is 16.3. The molecule has 0 unspecified atom stereocenters. The van der Waals surface area contributed by atoms with Crippen molar-refractivity contribution < 1.29 is 9.32 Å². The third-order valence-corrected chi connectivity index (χ3v) is 9.45. The summed E-state index contributed by atoms with van der Waals surface area (Å²) in [6, 6.07) is 55.0. The zero-order valence-corrected chi connectivity index (χ0v) is 23.8. The van der Waals surface area contributed by atoms with Gasteiger partial charge in [-0.1, -0.05) is 97.1 Å². The van der Waals surface area contributed by atoms with Gasteiger partial charge in [-0.05, 0) is 84.9 Å². The summed E-state index contributed by atoms with van der Waals surface area (Å²) < 4.78 is 6.50. The highest BCUT2D eigenvalue weighted by Crippen LogP contribution is 2.45. The molecule has 9 aromatic rings. The summed E-state index contributed by atoms with van der Waals surface area (Å²) >= 11 is 0. The van der Waals surface area contributed by atoms with Crippen molar-refractivity contribution in [3.63, 3.8) is 0 Å². The number of para-hydroxylation sites is 2. The lowest BCUT2D eigenvalue weighted by Gasteiger charge is -2.17. The van der Waals surface area contributed by atoms with Crippen molar-refractivity contribution in [3.05, 3.63) is 152 Å². The summed E-state index contributed by atoms with van der Waals surface area (Å²) in [6.07, 6.45) is 0. The molecule has 0 atom stereocenters. The van der Waals surface area contributed by atoms with Gasteiger partial charge in [-0.15, -0.1) is 0 Å². The third-order valence-electron chi connectivity index (χ3n) is 9.45. The average molecular weight is 561 g/mol. The maximum atomic E-state index is 6.50. The Labute approximate surface area is 254 Å². The van der Waals surface area contributed by atoms with Crippen molar-refractivity contribution in [1.29, 1.82) is 0 Å². The molecule has 0 amide bonds. The summed E-state index contributed by atoms with van der Waals surface area (Å²) in [5.74, 6) is 0. The molecule has 0 spiro atoms. The number of fused-ring (bicyclic) bond motifs is 8.